The van der Waals surface area contributed by atoms with Crippen molar-refractivity contribution in [3.63, 3.8) is 0 Å². The molecule has 122 valence electrons. The maximum atomic E-state index is 12.9. The number of carbonyl (C=O) groups excluding carboxylic acids is 1. The number of fused-ring (bicyclic) bond motifs is 1. The van der Waals surface area contributed by atoms with Gasteiger partial charge in [-0.2, -0.15) is 0 Å². The van der Waals surface area contributed by atoms with Crippen molar-refractivity contribution in [1.82, 2.24) is 4.98 Å². The Labute approximate surface area is 138 Å². The van der Waals surface area contributed by atoms with E-state index in [2.05, 4.69) is 4.98 Å². The SMILES string of the molecule is COc1ccc2[nH]c(C(=O)c3cccc(C)c3)c(CC(=O)O)c2c1. The number of benzene rings is 2. The molecule has 0 unspecified atom stereocenters. The second kappa shape index (κ2) is 6.20. The van der Waals surface area contributed by atoms with Crippen LogP contribution in [0.1, 0.15) is 27.2 Å². The molecule has 24 heavy (non-hydrogen) atoms. The third kappa shape index (κ3) is 2.88. The zero-order chi connectivity index (χ0) is 17.3. The zero-order valence-electron chi connectivity index (χ0n) is 13.4. The van der Waals surface area contributed by atoms with Crippen LogP contribution in [0.15, 0.2) is 42.5 Å². The summed E-state index contributed by atoms with van der Waals surface area (Å²) in [6.07, 6.45) is -0.236. The van der Waals surface area contributed by atoms with Crippen molar-refractivity contribution in [2.24, 2.45) is 0 Å². The van der Waals surface area contributed by atoms with Crippen molar-refractivity contribution < 1.29 is 19.4 Å². The third-order valence-corrected chi connectivity index (χ3v) is 3.95. The van der Waals surface area contributed by atoms with E-state index in [0.717, 1.165) is 5.56 Å². The van der Waals surface area contributed by atoms with E-state index in [9.17, 15) is 14.7 Å². The summed E-state index contributed by atoms with van der Waals surface area (Å²) in [6.45, 7) is 1.91. The van der Waals surface area contributed by atoms with Crippen molar-refractivity contribution >= 4 is 22.7 Å². The smallest absolute Gasteiger partial charge is 0.307 e. The van der Waals surface area contributed by atoms with Gasteiger partial charge in [0.2, 0.25) is 5.78 Å². The molecule has 3 rings (SSSR count). The summed E-state index contributed by atoms with van der Waals surface area (Å²) >= 11 is 0. The second-order valence-electron chi connectivity index (χ2n) is 5.66. The largest absolute Gasteiger partial charge is 0.497 e. The molecule has 2 N–H and O–H groups in total. The molecule has 0 bridgehead atoms. The summed E-state index contributed by atoms with van der Waals surface area (Å²) in [6, 6.07) is 12.5. The average Bonchev–Trinajstić information content (AvgIpc) is 2.91. The lowest BCUT2D eigenvalue weighted by Crippen LogP contribution is -2.09. The molecule has 1 heterocycles. The van der Waals surface area contributed by atoms with Crippen LogP contribution >= 0.6 is 0 Å². The summed E-state index contributed by atoms with van der Waals surface area (Å²) < 4.78 is 5.21. The first kappa shape index (κ1) is 15.8. The molecule has 3 aromatic rings. The quantitative estimate of drug-likeness (QED) is 0.706. The molecule has 0 spiro atoms. The number of aryl methyl sites for hydroxylation is 1. The van der Waals surface area contributed by atoms with Gasteiger partial charge in [-0.15, -0.1) is 0 Å². The number of rotatable bonds is 5. The number of ketones is 1. The monoisotopic (exact) mass is 323 g/mol. The summed E-state index contributed by atoms with van der Waals surface area (Å²) in [4.78, 5) is 27.2. The van der Waals surface area contributed by atoms with Crippen LogP contribution < -0.4 is 4.74 Å². The van der Waals surface area contributed by atoms with Crippen LogP contribution in [0.5, 0.6) is 5.75 Å². The molecule has 0 amide bonds. The Morgan fingerprint density at radius 2 is 1.96 bits per heavy atom. The lowest BCUT2D eigenvalue weighted by atomic mass is 10.00. The van der Waals surface area contributed by atoms with Crippen molar-refractivity contribution in [2.45, 2.75) is 13.3 Å². The van der Waals surface area contributed by atoms with Crippen LogP contribution in [0.2, 0.25) is 0 Å². The molecule has 2 aromatic carbocycles. The summed E-state index contributed by atoms with van der Waals surface area (Å²) in [7, 11) is 1.55. The van der Waals surface area contributed by atoms with Crippen LogP contribution in [0.3, 0.4) is 0 Å². The van der Waals surface area contributed by atoms with E-state index in [1.54, 1.807) is 37.4 Å². The van der Waals surface area contributed by atoms with Crippen LogP contribution in [-0.2, 0) is 11.2 Å². The van der Waals surface area contributed by atoms with E-state index >= 15 is 0 Å². The number of nitrogens with one attached hydrogen (secondary N) is 1. The molecule has 1 aromatic heterocycles. The normalized spacial score (nSPS) is 10.8. The van der Waals surface area contributed by atoms with Gasteiger partial charge < -0.3 is 14.8 Å². The first-order chi connectivity index (χ1) is 11.5. The molecule has 0 aliphatic carbocycles. The van der Waals surface area contributed by atoms with E-state index < -0.39 is 5.97 Å². The number of aromatic amines is 1. The number of aromatic nitrogens is 1. The van der Waals surface area contributed by atoms with E-state index in [1.807, 2.05) is 19.1 Å². The molecule has 0 saturated carbocycles. The first-order valence-corrected chi connectivity index (χ1v) is 7.51. The highest BCUT2D eigenvalue weighted by molar-refractivity contribution is 6.12. The van der Waals surface area contributed by atoms with Gasteiger partial charge in [0, 0.05) is 22.0 Å². The fourth-order valence-corrected chi connectivity index (χ4v) is 2.81. The van der Waals surface area contributed by atoms with E-state index in [0.29, 0.717) is 33.5 Å². The molecular weight excluding hydrogens is 306 g/mol. The molecule has 0 radical (unpaired) electrons. The molecule has 0 saturated heterocycles. The lowest BCUT2D eigenvalue weighted by Gasteiger charge is -2.04. The minimum atomic E-state index is -0.989. The molecule has 0 atom stereocenters. The Morgan fingerprint density at radius 1 is 1.17 bits per heavy atom. The predicted octanol–water partition coefficient (Wildman–Crippen LogP) is 3.34. The highest BCUT2D eigenvalue weighted by Crippen LogP contribution is 2.28. The van der Waals surface area contributed by atoms with Gasteiger partial charge in [0.25, 0.3) is 0 Å². The van der Waals surface area contributed by atoms with Crippen molar-refractivity contribution in [1.29, 1.82) is 0 Å². The third-order valence-electron chi connectivity index (χ3n) is 3.95. The molecule has 5 heteroatoms. The van der Waals surface area contributed by atoms with Gasteiger partial charge in [-0.3, -0.25) is 9.59 Å². The molecule has 0 fully saturated rings. The van der Waals surface area contributed by atoms with Crippen molar-refractivity contribution in [2.75, 3.05) is 7.11 Å². The number of hydrogen-bond acceptors (Lipinski definition) is 3. The Morgan fingerprint density at radius 3 is 2.62 bits per heavy atom. The Kier molecular flexibility index (Phi) is 4.08. The molecular formula is C19H17NO4. The average molecular weight is 323 g/mol. The molecule has 0 aliphatic heterocycles. The lowest BCUT2D eigenvalue weighted by molar-refractivity contribution is -0.136. The maximum absolute atomic E-state index is 12.9. The predicted molar refractivity (Wildman–Crippen MR) is 90.8 cm³/mol. The van der Waals surface area contributed by atoms with E-state index in [1.165, 1.54) is 0 Å². The standard InChI is InChI=1S/C19H17NO4/c1-11-4-3-5-12(8-11)19(23)18-15(10-17(21)22)14-9-13(24-2)6-7-16(14)20-18/h3-9,20H,10H2,1-2H3,(H,21,22). The Bertz CT molecular complexity index is 940. The minimum Gasteiger partial charge on any atom is -0.497 e. The number of hydrogen-bond donors (Lipinski definition) is 2. The zero-order valence-corrected chi connectivity index (χ0v) is 13.4. The molecule has 5 nitrogen and oxygen atoms in total. The van der Waals surface area contributed by atoms with Crippen molar-refractivity contribution in [3.8, 4) is 5.75 Å². The summed E-state index contributed by atoms with van der Waals surface area (Å²) in [5.74, 6) is -0.593. The van der Waals surface area contributed by atoms with E-state index in [-0.39, 0.29) is 12.2 Å². The maximum Gasteiger partial charge on any atom is 0.307 e. The van der Waals surface area contributed by atoms with Crippen LogP contribution in [0, 0.1) is 6.92 Å². The van der Waals surface area contributed by atoms with Gasteiger partial charge in [-0.25, -0.2) is 0 Å². The van der Waals surface area contributed by atoms with E-state index in [4.69, 9.17) is 4.74 Å². The highest BCUT2D eigenvalue weighted by Gasteiger charge is 2.21. The van der Waals surface area contributed by atoms with Gasteiger partial charge >= 0.3 is 5.97 Å². The number of carboxylic acid groups (broad SMARTS) is 1. The minimum absolute atomic E-state index is 0.217. The van der Waals surface area contributed by atoms with Gasteiger partial charge in [-0.05, 0) is 31.2 Å². The number of carboxylic acids is 1. The highest BCUT2D eigenvalue weighted by atomic mass is 16.5. The second-order valence-corrected chi connectivity index (χ2v) is 5.66. The number of aliphatic carboxylic acids is 1. The van der Waals surface area contributed by atoms with Crippen LogP contribution in [0.25, 0.3) is 10.9 Å². The number of carbonyl (C=O) groups is 2. The van der Waals surface area contributed by atoms with Gasteiger partial charge in [0.15, 0.2) is 0 Å². The van der Waals surface area contributed by atoms with Crippen molar-refractivity contribution in [3.05, 3.63) is 64.8 Å². The topological polar surface area (TPSA) is 79.4 Å². The Hall–Kier alpha value is -3.08. The summed E-state index contributed by atoms with van der Waals surface area (Å²) in [5, 5.41) is 9.92. The molecule has 0 aliphatic rings. The number of H-pyrrole nitrogens is 1. The number of ether oxygens (including phenoxy) is 1. The fraction of sp³-hybridized carbons (Fsp3) is 0.158. The van der Waals surface area contributed by atoms with Crippen LogP contribution in [0.4, 0.5) is 0 Å². The Balaban J connectivity index is 2.19. The van der Waals surface area contributed by atoms with Crippen LogP contribution in [-0.4, -0.2) is 29.0 Å². The first-order valence-electron chi connectivity index (χ1n) is 7.51. The number of methoxy groups -OCH3 is 1. The fourth-order valence-electron chi connectivity index (χ4n) is 2.81. The van der Waals surface area contributed by atoms with Gasteiger partial charge in [-0.1, -0.05) is 23.8 Å². The van der Waals surface area contributed by atoms with Gasteiger partial charge in [0.1, 0.15) is 5.75 Å². The summed E-state index contributed by atoms with van der Waals surface area (Å²) in [5.41, 5.74) is 3.00. The van der Waals surface area contributed by atoms with Gasteiger partial charge in [0.05, 0.1) is 19.2 Å².